The number of amides is 1. The van der Waals surface area contributed by atoms with Crippen molar-refractivity contribution in [3.8, 4) is 17.9 Å². The Bertz CT molecular complexity index is 586. The molecule has 1 aromatic carbocycles. The Labute approximate surface area is 125 Å². The zero-order valence-corrected chi connectivity index (χ0v) is 12.1. The number of carbonyl (C=O) groups excluding carboxylic acids is 1. The van der Waals surface area contributed by atoms with Crippen LogP contribution in [-0.2, 0) is 0 Å². The van der Waals surface area contributed by atoms with Crippen molar-refractivity contribution in [3.63, 3.8) is 0 Å². The summed E-state index contributed by atoms with van der Waals surface area (Å²) in [4.78, 5) is 14.2. The Balaban J connectivity index is 1.75. The number of carbonyl (C=O) groups is 1. The molecule has 0 saturated carbocycles. The minimum Gasteiger partial charge on any atom is -0.341 e. The van der Waals surface area contributed by atoms with E-state index < -0.39 is 0 Å². The van der Waals surface area contributed by atoms with Gasteiger partial charge in [0.1, 0.15) is 0 Å². The summed E-state index contributed by atoms with van der Waals surface area (Å²) in [6.45, 7) is 3.37. The van der Waals surface area contributed by atoms with Crippen LogP contribution in [0.4, 0.5) is 0 Å². The fraction of sp³-hybridized carbons (Fsp3) is 0.412. The lowest BCUT2D eigenvalue weighted by Crippen LogP contribution is -2.30. The van der Waals surface area contributed by atoms with Crippen LogP contribution in [0.2, 0.25) is 0 Å². The molecule has 4 heteroatoms. The molecule has 1 aromatic rings. The van der Waals surface area contributed by atoms with Gasteiger partial charge in [0.2, 0.25) is 0 Å². The molecule has 0 atom stereocenters. The molecule has 0 aromatic heterocycles. The molecule has 0 unspecified atom stereocenters. The number of nitrogens with one attached hydrogen (secondary N) is 1. The molecule has 1 aliphatic rings. The monoisotopic (exact) mass is 281 g/mol. The molecule has 1 aliphatic heterocycles. The van der Waals surface area contributed by atoms with Crippen molar-refractivity contribution in [2.45, 2.75) is 19.3 Å². The first kappa shape index (κ1) is 15.1. The van der Waals surface area contributed by atoms with E-state index in [4.69, 9.17) is 5.26 Å². The van der Waals surface area contributed by atoms with Crippen molar-refractivity contribution < 1.29 is 4.79 Å². The lowest BCUT2D eigenvalue weighted by molar-refractivity contribution is 0.0958. The van der Waals surface area contributed by atoms with Crippen molar-refractivity contribution in [1.29, 1.82) is 5.26 Å². The van der Waals surface area contributed by atoms with E-state index in [2.05, 4.69) is 22.1 Å². The first-order valence-electron chi connectivity index (χ1n) is 7.26. The van der Waals surface area contributed by atoms with Crippen LogP contribution in [0.3, 0.4) is 0 Å². The maximum absolute atomic E-state index is 11.9. The van der Waals surface area contributed by atoms with E-state index in [9.17, 15) is 4.79 Å². The summed E-state index contributed by atoms with van der Waals surface area (Å²) < 4.78 is 0. The molecule has 0 radical (unpaired) electrons. The number of rotatable bonds is 3. The molecule has 0 aliphatic carbocycles. The third-order valence-corrected chi connectivity index (χ3v) is 3.47. The van der Waals surface area contributed by atoms with Crippen molar-refractivity contribution in [3.05, 3.63) is 35.4 Å². The number of nitriles is 1. The highest BCUT2D eigenvalue weighted by Crippen LogP contribution is 2.07. The maximum atomic E-state index is 11.9. The number of piperidine rings is 1. The van der Waals surface area contributed by atoms with E-state index in [1.165, 1.54) is 19.3 Å². The van der Waals surface area contributed by atoms with Crippen LogP contribution < -0.4 is 5.32 Å². The van der Waals surface area contributed by atoms with E-state index in [1.54, 1.807) is 24.3 Å². The Morgan fingerprint density at radius 3 is 2.81 bits per heavy atom. The highest BCUT2D eigenvalue weighted by Gasteiger charge is 2.07. The van der Waals surface area contributed by atoms with Gasteiger partial charge in [0.05, 0.1) is 24.7 Å². The largest absolute Gasteiger partial charge is 0.341 e. The fourth-order valence-corrected chi connectivity index (χ4v) is 2.30. The molecule has 1 N–H and O–H groups in total. The molecule has 0 bridgehead atoms. The first-order valence-corrected chi connectivity index (χ1v) is 7.26. The molecule has 4 nitrogen and oxygen atoms in total. The second-order valence-corrected chi connectivity index (χ2v) is 5.07. The van der Waals surface area contributed by atoms with Gasteiger partial charge in [-0.05, 0) is 44.1 Å². The summed E-state index contributed by atoms with van der Waals surface area (Å²) >= 11 is 0. The summed E-state index contributed by atoms with van der Waals surface area (Å²) in [6.07, 6.45) is 3.84. The zero-order valence-electron chi connectivity index (χ0n) is 12.1. The number of likely N-dealkylation sites (tertiary alicyclic amines) is 1. The van der Waals surface area contributed by atoms with Gasteiger partial charge in [-0.3, -0.25) is 9.69 Å². The summed E-state index contributed by atoms with van der Waals surface area (Å²) in [7, 11) is 0. The average molecular weight is 281 g/mol. The van der Waals surface area contributed by atoms with E-state index >= 15 is 0 Å². The van der Waals surface area contributed by atoms with Gasteiger partial charge in [-0.25, -0.2) is 0 Å². The smallest absolute Gasteiger partial charge is 0.252 e. The topological polar surface area (TPSA) is 56.1 Å². The predicted octanol–water partition coefficient (Wildman–Crippen LogP) is 1.78. The summed E-state index contributed by atoms with van der Waals surface area (Å²) in [5.74, 6) is 5.87. The van der Waals surface area contributed by atoms with Gasteiger partial charge >= 0.3 is 0 Å². The van der Waals surface area contributed by atoms with Gasteiger partial charge in [-0.15, -0.1) is 0 Å². The second kappa shape index (κ2) is 8.09. The van der Waals surface area contributed by atoms with Crippen LogP contribution in [0.15, 0.2) is 24.3 Å². The van der Waals surface area contributed by atoms with E-state index in [0.717, 1.165) is 19.6 Å². The highest BCUT2D eigenvalue weighted by molar-refractivity contribution is 5.94. The Kier molecular flexibility index (Phi) is 5.82. The van der Waals surface area contributed by atoms with Gasteiger partial charge in [-0.2, -0.15) is 5.26 Å². The van der Waals surface area contributed by atoms with Crippen LogP contribution in [0.1, 0.15) is 35.2 Å². The van der Waals surface area contributed by atoms with Crippen molar-refractivity contribution in [1.82, 2.24) is 10.2 Å². The third-order valence-electron chi connectivity index (χ3n) is 3.47. The molecule has 2 rings (SSSR count). The molecule has 108 valence electrons. The molecule has 0 spiro atoms. The Hall–Kier alpha value is -2.30. The summed E-state index contributed by atoms with van der Waals surface area (Å²) in [5.41, 5.74) is 0.978. The molecular weight excluding hydrogens is 262 g/mol. The van der Waals surface area contributed by atoms with Crippen LogP contribution >= 0.6 is 0 Å². The van der Waals surface area contributed by atoms with Crippen molar-refractivity contribution in [2.24, 2.45) is 0 Å². The minimum atomic E-state index is -0.195. The van der Waals surface area contributed by atoms with Gasteiger partial charge in [0.25, 0.3) is 5.91 Å². The fourth-order valence-electron chi connectivity index (χ4n) is 2.30. The Morgan fingerprint density at radius 1 is 1.24 bits per heavy atom. The maximum Gasteiger partial charge on any atom is 0.252 e. The molecule has 1 amide bonds. The van der Waals surface area contributed by atoms with Crippen molar-refractivity contribution >= 4 is 5.91 Å². The third kappa shape index (κ3) is 4.95. The predicted molar refractivity (Wildman–Crippen MR) is 81.6 cm³/mol. The summed E-state index contributed by atoms with van der Waals surface area (Å²) in [5, 5.41) is 11.6. The molecule has 1 saturated heterocycles. The minimum absolute atomic E-state index is 0.195. The molecule has 21 heavy (non-hydrogen) atoms. The molecule has 1 heterocycles. The van der Waals surface area contributed by atoms with Crippen LogP contribution in [0.5, 0.6) is 0 Å². The highest BCUT2D eigenvalue weighted by atomic mass is 16.1. The van der Waals surface area contributed by atoms with E-state index in [0.29, 0.717) is 17.7 Å². The van der Waals surface area contributed by atoms with E-state index in [1.807, 2.05) is 6.07 Å². The molecular formula is C17H19N3O. The van der Waals surface area contributed by atoms with Crippen LogP contribution in [0.25, 0.3) is 0 Å². The van der Waals surface area contributed by atoms with E-state index in [-0.39, 0.29) is 5.91 Å². The Morgan fingerprint density at radius 2 is 2.05 bits per heavy atom. The number of hydrogen-bond donors (Lipinski definition) is 1. The molecule has 1 fully saturated rings. The van der Waals surface area contributed by atoms with Crippen molar-refractivity contribution in [2.75, 3.05) is 26.2 Å². The summed E-state index contributed by atoms with van der Waals surface area (Å²) in [6, 6.07) is 8.67. The van der Waals surface area contributed by atoms with Gasteiger partial charge in [-0.1, -0.05) is 24.3 Å². The van der Waals surface area contributed by atoms with Gasteiger partial charge in [0.15, 0.2) is 0 Å². The first-order chi connectivity index (χ1) is 10.3. The quantitative estimate of drug-likeness (QED) is 0.859. The van der Waals surface area contributed by atoms with Gasteiger partial charge < -0.3 is 5.32 Å². The van der Waals surface area contributed by atoms with Crippen LogP contribution in [0, 0.1) is 23.2 Å². The number of benzene rings is 1. The standard InChI is InChI=1S/C17H19N3O/c18-14-15-7-6-8-16(13-15)17(21)19-9-2-5-12-20-10-3-1-4-11-20/h6-8,13H,1,3-4,9-12H2,(H,19,21). The zero-order chi connectivity index (χ0) is 14.9. The average Bonchev–Trinajstić information content (AvgIpc) is 2.55. The SMILES string of the molecule is N#Cc1cccc(C(=O)NCC#CCN2CCCCC2)c1. The lowest BCUT2D eigenvalue weighted by Gasteiger charge is -2.23. The van der Waals surface area contributed by atoms with Crippen LogP contribution in [-0.4, -0.2) is 37.0 Å². The number of hydrogen-bond acceptors (Lipinski definition) is 3. The second-order valence-electron chi connectivity index (χ2n) is 5.07. The van der Waals surface area contributed by atoms with Gasteiger partial charge in [0, 0.05) is 5.56 Å². The lowest BCUT2D eigenvalue weighted by atomic mass is 10.1. The normalized spacial score (nSPS) is 14.6. The number of nitrogens with zero attached hydrogens (tertiary/aromatic N) is 2.